The van der Waals surface area contributed by atoms with E-state index in [1.165, 1.54) is 4.88 Å². The molecule has 0 spiro atoms. The highest BCUT2D eigenvalue weighted by Gasteiger charge is 2.41. The number of rotatable bonds is 3. The van der Waals surface area contributed by atoms with E-state index in [9.17, 15) is 4.79 Å². The average Bonchev–Trinajstić information content (AvgIpc) is 3.12. The first-order chi connectivity index (χ1) is 15.1. The molecule has 10 heteroatoms. The van der Waals surface area contributed by atoms with Crippen LogP contribution in [-0.4, -0.2) is 86.8 Å². The maximum atomic E-state index is 12.7. The number of piperazine rings is 1. The van der Waals surface area contributed by atoms with E-state index in [4.69, 9.17) is 21.1 Å². The largest absolute Gasteiger partial charge is 0.444 e. The zero-order chi connectivity index (χ0) is 23.0. The number of amides is 1. The van der Waals surface area contributed by atoms with Crippen molar-refractivity contribution in [1.82, 2.24) is 24.7 Å². The normalized spacial score (nSPS) is 26.9. The topological polar surface area (TPSA) is 71.0 Å². The maximum Gasteiger partial charge on any atom is 0.410 e. The van der Waals surface area contributed by atoms with Gasteiger partial charge in [0.2, 0.25) is 0 Å². The van der Waals surface area contributed by atoms with Gasteiger partial charge in [-0.1, -0.05) is 11.6 Å². The minimum atomic E-state index is -0.509. The minimum absolute atomic E-state index is 0.0186. The van der Waals surface area contributed by atoms with Crippen LogP contribution in [0.15, 0.2) is 18.6 Å². The summed E-state index contributed by atoms with van der Waals surface area (Å²) in [5, 5.41) is 0. The summed E-state index contributed by atoms with van der Waals surface area (Å²) in [7, 11) is 0. The molecule has 1 amide bonds. The number of hydrogen-bond acceptors (Lipinski definition) is 8. The summed E-state index contributed by atoms with van der Waals surface area (Å²) in [4.78, 5) is 29.3. The molecule has 4 unspecified atom stereocenters. The number of morpholine rings is 1. The number of fused-ring (bicyclic) bond motifs is 1. The molecule has 0 aliphatic carbocycles. The van der Waals surface area contributed by atoms with Crippen LogP contribution < -0.4 is 0 Å². The third kappa shape index (κ3) is 5.17. The van der Waals surface area contributed by atoms with Gasteiger partial charge in [0.05, 0.1) is 23.0 Å². The Kier molecular flexibility index (Phi) is 6.93. The standard InChI is InChI=1S/C22H32ClN5O3S/c1-14-10-27(21(29)31-22(3,4)5)11-15(2)28(14)20(26-6-7-30-19(23)12-26)17-8-16-18(32-17)9-24-13-25-16/h8-9,13-15,19-20H,6-7,10-12H2,1-5H3. The van der Waals surface area contributed by atoms with Crippen molar-refractivity contribution in [3.8, 4) is 0 Å². The second-order valence-corrected chi connectivity index (χ2v) is 11.2. The van der Waals surface area contributed by atoms with Crippen molar-refractivity contribution in [2.45, 2.75) is 64.0 Å². The molecule has 2 aromatic heterocycles. The number of nitrogens with zero attached hydrogens (tertiary/aromatic N) is 5. The molecular formula is C22H32ClN5O3S. The van der Waals surface area contributed by atoms with E-state index in [1.807, 2.05) is 31.9 Å². The van der Waals surface area contributed by atoms with E-state index in [0.29, 0.717) is 26.2 Å². The van der Waals surface area contributed by atoms with Crippen molar-refractivity contribution in [3.05, 3.63) is 23.5 Å². The zero-order valence-electron chi connectivity index (χ0n) is 19.3. The van der Waals surface area contributed by atoms with Crippen LogP contribution in [-0.2, 0) is 9.47 Å². The first kappa shape index (κ1) is 23.6. The van der Waals surface area contributed by atoms with Crippen LogP contribution in [0.25, 0.3) is 10.2 Å². The van der Waals surface area contributed by atoms with E-state index in [1.54, 1.807) is 17.7 Å². The monoisotopic (exact) mass is 481 g/mol. The Labute approximate surface area is 198 Å². The van der Waals surface area contributed by atoms with Crippen molar-refractivity contribution < 1.29 is 14.3 Å². The summed E-state index contributed by atoms with van der Waals surface area (Å²) in [6.07, 6.45) is 3.22. The van der Waals surface area contributed by atoms with E-state index < -0.39 is 5.60 Å². The second-order valence-electron chi connectivity index (χ2n) is 9.60. The molecule has 2 saturated heterocycles. The Morgan fingerprint density at radius 1 is 1.28 bits per heavy atom. The van der Waals surface area contributed by atoms with Gasteiger partial charge in [0.15, 0.2) is 0 Å². The number of carbonyl (C=O) groups excluding carboxylic acids is 1. The molecule has 0 radical (unpaired) electrons. The molecule has 4 atom stereocenters. The minimum Gasteiger partial charge on any atom is -0.444 e. The molecule has 0 bridgehead atoms. The van der Waals surface area contributed by atoms with E-state index in [2.05, 4.69) is 39.7 Å². The van der Waals surface area contributed by atoms with Gasteiger partial charge in [-0.15, -0.1) is 11.3 Å². The summed E-state index contributed by atoms with van der Waals surface area (Å²) >= 11 is 8.10. The molecule has 0 saturated carbocycles. The Bertz CT molecular complexity index is 906. The molecule has 0 N–H and O–H groups in total. The van der Waals surface area contributed by atoms with Crippen molar-refractivity contribution in [1.29, 1.82) is 0 Å². The maximum absolute atomic E-state index is 12.7. The Hall–Kier alpha value is -1.52. The molecule has 8 nitrogen and oxygen atoms in total. The van der Waals surface area contributed by atoms with Crippen LogP contribution >= 0.6 is 22.9 Å². The number of aromatic nitrogens is 2. The molecule has 2 fully saturated rings. The lowest BCUT2D eigenvalue weighted by molar-refractivity contribution is -0.0926. The van der Waals surface area contributed by atoms with Gasteiger partial charge >= 0.3 is 6.09 Å². The Morgan fingerprint density at radius 3 is 2.62 bits per heavy atom. The van der Waals surface area contributed by atoms with Crippen molar-refractivity contribution in [2.24, 2.45) is 0 Å². The fourth-order valence-corrected chi connectivity index (χ4v) is 5.99. The SMILES string of the molecule is CC1CN(C(=O)OC(C)(C)C)CC(C)N1C(c1cc2ncncc2s1)N1CCOC(Cl)C1. The van der Waals surface area contributed by atoms with Crippen molar-refractivity contribution in [3.63, 3.8) is 0 Å². The van der Waals surface area contributed by atoms with Gasteiger partial charge in [-0.05, 0) is 40.7 Å². The Morgan fingerprint density at radius 2 is 2.00 bits per heavy atom. The highest BCUT2D eigenvalue weighted by Crippen LogP contribution is 2.38. The van der Waals surface area contributed by atoms with Crippen LogP contribution in [0, 0.1) is 0 Å². The van der Waals surface area contributed by atoms with Crippen molar-refractivity contribution >= 4 is 39.2 Å². The molecule has 4 rings (SSSR count). The summed E-state index contributed by atoms with van der Waals surface area (Å²) < 4.78 is 12.3. The fourth-order valence-electron chi connectivity index (χ4n) is 4.59. The first-order valence-corrected chi connectivity index (χ1v) is 12.3. The predicted octanol–water partition coefficient (Wildman–Crippen LogP) is 3.92. The quantitative estimate of drug-likeness (QED) is 0.615. The lowest BCUT2D eigenvalue weighted by atomic mass is 10.1. The number of ether oxygens (including phenoxy) is 2. The highest BCUT2D eigenvalue weighted by atomic mass is 35.5. The second kappa shape index (κ2) is 9.38. The number of halogens is 1. The van der Waals surface area contributed by atoms with E-state index in [0.717, 1.165) is 16.8 Å². The van der Waals surface area contributed by atoms with Gasteiger partial charge < -0.3 is 14.4 Å². The van der Waals surface area contributed by atoms with Gasteiger partial charge in [0.1, 0.15) is 17.5 Å². The first-order valence-electron chi connectivity index (χ1n) is 11.1. The molecule has 2 aromatic rings. The van der Waals surface area contributed by atoms with Crippen LogP contribution in [0.1, 0.15) is 45.7 Å². The summed E-state index contributed by atoms with van der Waals surface area (Å²) in [6, 6.07) is 2.42. The summed E-state index contributed by atoms with van der Waals surface area (Å²) in [5.74, 6) is 0. The molecule has 176 valence electrons. The van der Waals surface area contributed by atoms with Crippen LogP contribution in [0.5, 0.6) is 0 Å². The Balaban J connectivity index is 1.63. The predicted molar refractivity (Wildman–Crippen MR) is 126 cm³/mol. The molecule has 32 heavy (non-hydrogen) atoms. The van der Waals surface area contributed by atoms with Gasteiger partial charge in [0, 0.05) is 49.3 Å². The van der Waals surface area contributed by atoms with Crippen LogP contribution in [0.4, 0.5) is 4.79 Å². The third-order valence-electron chi connectivity index (χ3n) is 5.79. The lowest BCUT2D eigenvalue weighted by Gasteiger charge is -2.51. The van der Waals surface area contributed by atoms with E-state index >= 15 is 0 Å². The van der Waals surface area contributed by atoms with Gasteiger partial charge in [0.25, 0.3) is 0 Å². The molecular weight excluding hydrogens is 450 g/mol. The molecule has 2 aliphatic heterocycles. The number of thiophene rings is 1. The smallest absolute Gasteiger partial charge is 0.410 e. The summed E-state index contributed by atoms with van der Waals surface area (Å²) in [6.45, 7) is 13.3. The molecule has 4 heterocycles. The molecule has 0 aromatic carbocycles. The van der Waals surface area contributed by atoms with Crippen molar-refractivity contribution in [2.75, 3.05) is 32.8 Å². The van der Waals surface area contributed by atoms with Gasteiger partial charge in [-0.2, -0.15) is 0 Å². The third-order valence-corrected chi connectivity index (χ3v) is 7.15. The fraction of sp³-hybridized carbons (Fsp3) is 0.682. The van der Waals surface area contributed by atoms with Gasteiger partial charge in [-0.25, -0.2) is 14.8 Å². The zero-order valence-corrected chi connectivity index (χ0v) is 20.9. The molecule has 2 aliphatic rings. The van der Waals surface area contributed by atoms with E-state index in [-0.39, 0.29) is 29.9 Å². The lowest BCUT2D eigenvalue weighted by Crippen LogP contribution is -2.62. The van der Waals surface area contributed by atoms with Crippen LogP contribution in [0.3, 0.4) is 0 Å². The van der Waals surface area contributed by atoms with Crippen LogP contribution in [0.2, 0.25) is 0 Å². The number of alkyl halides is 1. The highest BCUT2D eigenvalue weighted by molar-refractivity contribution is 7.19. The number of carbonyl (C=O) groups is 1. The summed E-state index contributed by atoms with van der Waals surface area (Å²) in [5.41, 5.74) is 0.104. The van der Waals surface area contributed by atoms with Gasteiger partial charge in [-0.3, -0.25) is 9.80 Å². The number of hydrogen-bond donors (Lipinski definition) is 0. The average molecular weight is 482 g/mol.